The minimum Gasteiger partial charge on any atom is -0.503 e. The third kappa shape index (κ3) is 6.20. The smallest absolute Gasteiger partial charge is 0.264 e. The zero-order valence-electron chi connectivity index (χ0n) is 19.7. The van der Waals surface area contributed by atoms with Crippen molar-refractivity contribution in [3.05, 3.63) is 81.3 Å². The van der Waals surface area contributed by atoms with E-state index in [9.17, 15) is 18.3 Å². The summed E-state index contributed by atoms with van der Waals surface area (Å²) < 4.78 is 33.6. The predicted octanol–water partition coefficient (Wildman–Crippen LogP) is 4.43. The Morgan fingerprint density at radius 3 is 2.37 bits per heavy atom. The Labute approximate surface area is 213 Å². The van der Waals surface area contributed by atoms with Crippen LogP contribution in [-0.2, 0) is 14.8 Å². The zero-order valence-corrected chi connectivity index (χ0v) is 22.1. The van der Waals surface area contributed by atoms with E-state index in [1.54, 1.807) is 43.3 Å². The Hall–Kier alpha value is -3.37. The van der Waals surface area contributed by atoms with Crippen LogP contribution < -0.4 is 14.5 Å². The molecule has 0 aliphatic carbocycles. The van der Waals surface area contributed by atoms with Gasteiger partial charge in [-0.1, -0.05) is 35.4 Å². The van der Waals surface area contributed by atoms with Crippen LogP contribution in [0.25, 0.3) is 0 Å². The van der Waals surface area contributed by atoms with Crippen LogP contribution in [0.4, 0.5) is 5.69 Å². The number of methoxy groups -OCH3 is 1. The first-order valence-corrected chi connectivity index (χ1v) is 12.8. The van der Waals surface area contributed by atoms with E-state index in [4.69, 9.17) is 4.74 Å². The summed E-state index contributed by atoms with van der Waals surface area (Å²) >= 11 is 3.22. The molecule has 3 aromatic rings. The molecule has 8 nitrogen and oxygen atoms in total. The van der Waals surface area contributed by atoms with Crippen LogP contribution in [0.3, 0.4) is 0 Å². The molecule has 10 heteroatoms. The van der Waals surface area contributed by atoms with Gasteiger partial charge in [0.15, 0.2) is 11.5 Å². The molecule has 0 saturated carbocycles. The largest absolute Gasteiger partial charge is 0.503 e. The highest BCUT2D eigenvalue weighted by molar-refractivity contribution is 9.10. The zero-order chi connectivity index (χ0) is 25.8. The van der Waals surface area contributed by atoms with Crippen molar-refractivity contribution in [3.8, 4) is 11.5 Å². The van der Waals surface area contributed by atoms with Crippen molar-refractivity contribution < 1.29 is 23.1 Å². The Balaban J connectivity index is 1.88. The lowest BCUT2D eigenvalue weighted by Crippen LogP contribution is -2.40. The number of carbonyl (C=O) groups excluding carboxylic acids is 1. The number of hydrazone groups is 1. The number of phenols is 1. The van der Waals surface area contributed by atoms with E-state index in [0.29, 0.717) is 15.7 Å². The van der Waals surface area contributed by atoms with Crippen LogP contribution in [0.1, 0.15) is 22.3 Å². The summed E-state index contributed by atoms with van der Waals surface area (Å²) in [5.41, 5.74) is 5.94. The van der Waals surface area contributed by atoms with Crippen molar-refractivity contribution in [3.63, 3.8) is 0 Å². The van der Waals surface area contributed by atoms with E-state index in [1.807, 2.05) is 19.9 Å². The monoisotopic (exact) mass is 559 g/mol. The number of ether oxygens (including phenoxy) is 1. The molecule has 184 valence electrons. The molecule has 3 aromatic carbocycles. The van der Waals surface area contributed by atoms with Gasteiger partial charge in [-0.25, -0.2) is 13.8 Å². The van der Waals surface area contributed by atoms with E-state index in [2.05, 4.69) is 26.5 Å². The lowest BCUT2D eigenvalue weighted by atomic mass is 10.1. The summed E-state index contributed by atoms with van der Waals surface area (Å²) in [5.74, 6) is -0.446. The predicted molar refractivity (Wildman–Crippen MR) is 140 cm³/mol. The van der Waals surface area contributed by atoms with Gasteiger partial charge in [-0.15, -0.1) is 0 Å². The van der Waals surface area contributed by atoms with Crippen LogP contribution in [0.15, 0.2) is 69.1 Å². The Bertz CT molecular complexity index is 1370. The number of aryl methyl sites for hydroxylation is 3. The van der Waals surface area contributed by atoms with Crippen LogP contribution in [0, 0.1) is 20.8 Å². The maximum Gasteiger partial charge on any atom is 0.264 e. The van der Waals surface area contributed by atoms with E-state index < -0.39 is 22.5 Å². The minimum absolute atomic E-state index is 0.0564. The van der Waals surface area contributed by atoms with Crippen LogP contribution in [0.5, 0.6) is 11.5 Å². The van der Waals surface area contributed by atoms with E-state index >= 15 is 0 Å². The van der Waals surface area contributed by atoms with Crippen LogP contribution in [0.2, 0.25) is 0 Å². The molecule has 0 atom stereocenters. The molecule has 0 aromatic heterocycles. The third-order valence-electron chi connectivity index (χ3n) is 5.19. The number of phenolic OH excluding ortho intramolecular Hbond substituents is 1. The number of nitrogens with zero attached hydrogens (tertiary/aromatic N) is 2. The molecule has 0 bridgehead atoms. The second-order valence-electron chi connectivity index (χ2n) is 7.96. The molecular weight excluding hydrogens is 534 g/mol. The maximum absolute atomic E-state index is 13.5. The summed E-state index contributed by atoms with van der Waals surface area (Å²) in [6, 6.07) is 14.9. The average molecular weight is 560 g/mol. The SMILES string of the molecule is COc1cc(/C=N\NC(=O)CN(c2ccc(C)cc2C)S(=O)(=O)c2ccc(C)cc2)cc(Br)c1O. The fraction of sp³-hybridized carbons (Fsp3) is 0.200. The highest BCUT2D eigenvalue weighted by atomic mass is 79.9. The number of benzene rings is 3. The lowest BCUT2D eigenvalue weighted by Gasteiger charge is -2.25. The van der Waals surface area contributed by atoms with Crippen molar-refractivity contribution in [2.75, 3.05) is 18.0 Å². The fourth-order valence-corrected chi connectivity index (χ4v) is 5.34. The van der Waals surface area contributed by atoms with Gasteiger partial charge in [0.25, 0.3) is 15.9 Å². The van der Waals surface area contributed by atoms with Crippen molar-refractivity contribution in [1.29, 1.82) is 0 Å². The number of rotatable bonds is 8. The van der Waals surface area contributed by atoms with Gasteiger partial charge in [0.05, 0.1) is 28.4 Å². The Morgan fingerprint density at radius 2 is 1.74 bits per heavy atom. The first-order chi connectivity index (χ1) is 16.5. The number of sulfonamides is 1. The van der Waals surface area contributed by atoms with Gasteiger partial charge in [-0.05, 0) is 78.2 Å². The number of anilines is 1. The first-order valence-electron chi connectivity index (χ1n) is 10.6. The number of carbonyl (C=O) groups is 1. The molecule has 2 N–H and O–H groups in total. The van der Waals surface area contributed by atoms with Gasteiger partial charge in [-0.2, -0.15) is 5.10 Å². The molecule has 0 aliphatic rings. The normalized spacial score (nSPS) is 11.5. The van der Waals surface area contributed by atoms with E-state index in [0.717, 1.165) is 21.0 Å². The summed E-state index contributed by atoms with van der Waals surface area (Å²) in [7, 11) is -2.61. The van der Waals surface area contributed by atoms with Gasteiger partial charge >= 0.3 is 0 Å². The Morgan fingerprint density at radius 1 is 1.09 bits per heavy atom. The summed E-state index contributed by atoms with van der Waals surface area (Å²) in [5, 5.41) is 13.9. The quantitative estimate of drug-likeness (QED) is 0.313. The van der Waals surface area contributed by atoms with Crippen molar-refractivity contribution in [2.24, 2.45) is 5.10 Å². The summed E-state index contributed by atoms with van der Waals surface area (Å²) in [6.07, 6.45) is 1.36. The van der Waals surface area contributed by atoms with Gasteiger partial charge in [0, 0.05) is 0 Å². The number of nitrogens with one attached hydrogen (secondary N) is 1. The molecule has 0 unspecified atom stereocenters. The Kier molecular flexibility index (Phi) is 8.18. The number of aromatic hydroxyl groups is 1. The van der Waals surface area contributed by atoms with E-state index in [-0.39, 0.29) is 16.4 Å². The van der Waals surface area contributed by atoms with Gasteiger partial charge in [0.1, 0.15) is 6.54 Å². The first kappa shape index (κ1) is 26.2. The maximum atomic E-state index is 13.5. The van der Waals surface area contributed by atoms with Gasteiger partial charge in [-0.3, -0.25) is 9.10 Å². The number of hydrogen-bond acceptors (Lipinski definition) is 6. The molecule has 0 radical (unpaired) electrons. The van der Waals surface area contributed by atoms with Crippen LogP contribution >= 0.6 is 15.9 Å². The molecule has 3 rings (SSSR count). The molecule has 0 spiro atoms. The molecule has 0 heterocycles. The average Bonchev–Trinajstić information content (AvgIpc) is 2.80. The molecule has 1 amide bonds. The summed E-state index contributed by atoms with van der Waals surface area (Å²) in [4.78, 5) is 12.9. The molecule has 35 heavy (non-hydrogen) atoms. The molecule has 0 saturated heterocycles. The fourth-order valence-electron chi connectivity index (χ4n) is 3.39. The van der Waals surface area contributed by atoms with Crippen molar-refractivity contribution >= 4 is 43.8 Å². The molecule has 0 aliphatic heterocycles. The highest BCUT2D eigenvalue weighted by Gasteiger charge is 2.28. The second kappa shape index (κ2) is 10.9. The topological polar surface area (TPSA) is 108 Å². The van der Waals surface area contributed by atoms with Gasteiger partial charge < -0.3 is 9.84 Å². The number of amides is 1. The van der Waals surface area contributed by atoms with Crippen molar-refractivity contribution in [1.82, 2.24) is 5.43 Å². The van der Waals surface area contributed by atoms with E-state index in [1.165, 1.54) is 25.5 Å². The minimum atomic E-state index is -4.03. The number of halogens is 1. The van der Waals surface area contributed by atoms with Crippen LogP contribution in [-0.4, -0.2) is 39.3 Å². The standard InChI is InChI=1S/C25H26BrN3O5S/c1-16-5-8-20(9-6-16)35(32,33)29(22-10-7-17(2)11-18(22)3)15-24(30)28-27-14-19-12-21(26)25(31)23(13-19)34-4/h5-14,31H,15H2,1-4H3,(H,28,30)/b27-14-. The van der Waals surface area contributed by atoms with Gasteiger partial charge in [0.2, 0.25) is 0 Å². The number of hydrogen-bond donors (Lipinski definition) is 2. The highest BCUT2D eigenvalue weighted by Crippen LogP contribution is 2.34. The van der Waals surface area contributed by atoms with Crippen molar-refractivity contribution in [2.45, 2.75) is 25.7 Å². The molecule has 0 fully saturated rings. The third-order valence-corrected chi connectivity index (χ3v) is 7.57. The lowest BCUT2D eigenvalue weighted by molar-refractivity contribution is -0.119. The molecular formula is C25H26BrN3O5S. The summed E-state index contributed by atoms with van der Waals surface area (Å²) in [6.45, 7) is 5.10. The second-order valence-corrected chi connectivity index (χ2v) is 10.7.